The number of carbonyl (C=O) groups excluding carboxylic acids is 1. The van der Waals surface area contributed by atoms with Gasteiger partial charge < -0.3 is 9.47 Å². The summed E-state index contributed by atoms with van der Waals surface area (Å²) in [4.78, 5) is 12.1. The molecule has 3 heteroatoms. The van der Waals surface area contributed by atoms with E-state index in [0.29, 0.717) is 5.56 Å². The van der Waals surface area contributed by atoms with Gasteiger partial charge in [0.05, 0.1) is 12.7 Å². The Bertz CT molecular complexity index is 603. The van der Waals surface area contributed by atoms with E-state index < -0.39 is 0 Å². The molecule has 0 heterocycles. The number of ether oxygens (including phenoxy) is 2. The number of carbonyl (C=O) groups is 1. The molecule has 3 nitrogen and oxygen atoms in total. The number of methoxy groups -OCH3 is 1. The Balaban J connectivity index is 2.11. The Morgan fingerprint density at radius 1 is 1.05 bits per heavy atom. The fraction of sp³-hybridized carbons (Fsp3) is 0.235. The van der Waals surface area contributed by atoms with Crippen molar-refractivity contribution in [3.8, 4) is 5.75 Å². The van der Waals surface area contributed by atoms with E-state index in [1.807, 2.05) is 56.3 Å². The summed E-state index contributed by atoms with van der Waals surface area (Å²) in [5, 5.41) is 0. The van der Waals surface area contributed by atoms with Crippen LogP contribution in [0.15, 0.2) is 42.5 Å². The lowest BCUT2D eigenvalue weighted by molar-refractivity contribution is 0.0471. The number of benzene rings is 2. The first kappa shape index (κ1) is 14.1. The molecule has 2 aromatic rings. The Hall–Kier alpha value is -2.29. The van der Waals surface area contributed by atoms with Gasteiger partial charge >= 0.3 is 5.97 Å². The van der Waals surface area contributed by atoms with Crippen LogP contribution in [-0.4, -0.2) is 13.1 Å². The van der Waals surface area contributed by atoms with Gasteiger partial charge in [-0.2, -0.15) is 0 Å². The van der Waals surface area contributed by atoms with Gasteiger partial charge in [0, 0.05) is 0 Å². The molecule has 104 valence electrons. The maximum absolute atomic E-state index is 12.1. The van der Waals surface area contributed by atoms with Gasteiger partial charge in [0.15, 0.2) is 0 Å². The lowest BCUT2D eigenvalue weighted by atomic mass is 10.0. The zero-order chi connectivity index (χ0) is 14.5. The van der Waals surface area contributed by atoms with Crippen molar-refractivity contribution in [2.45, 2.75) is 20.5 Å². The van der Waals surface area contributed by atoms with E-state index >= 15 is 0 Å². The van der Waals surface area contributed by atoms with E-state index in [9.17, 15) is 4.79 Å². The van der Waals surface area contributed by atoms with Gasteiger partial charge in [-0.25, -0.2) is 4.79 Å². The summed E-state index contributed by atoms with van der Waals surface area (Å²) in [6, 6.07) is 13.3. The number of aryl methyl sites for hydroxylation is 2. The Morgan fingerprint density at radius 3 is 2.40 bits per heavy atom. The predicted molar refractivity (Wildman–Crippen MR) is 78.0 cm³/mol. The first-order valence-corrected chi connectivity index (χ1v) is 6.48. The highest BCUT2D eigenvalue weighted by molar-refractivity contribution is 5.91. The first-order chi connectivity index (χ1) is 9.61. The molecule has 20 heavy (non-hydrogen) atoms. The molecule has 0 aliphatic carbocycles. The van der Waals surface area contributed by atoms with Crippen molar-refractivity contribution in [1.29, 1.82) is 0 Å². The zero-order valence-corrected chi connectivity index (χ0v) is 12.0. The molecule has 0 atom stereocenters. The van der Waals surface area contributed by atoms with Gasteiger partial charge in [0.2, 0.25) is 0 Å². The smallest absolute Gasteiger partial charge is 0.338 e. The average Bonchev–Trinajstić information content (AvgIpc) is 2.47. The maximum atomic E-state index is 12.1. The highest BCUT2D eigenvalue weighted by Gasteiger charge is 2.13. The number of rotatable bonds is 4. The van der Waals surface area contributed by atoms with Crippen LogP contribution < -0.4 is 4.74 Å². The second-order valence-corrected chi connectivity index (χ2v) is 4.70. The molecular formula is C17H18O3. The van der Waals surface area contributed by atoms with Crippen LogP contribution in [-0.2, 0) is 11.3 Å². The first-order valence-electron chi connectivity index (χ1n) is 6.48. The van der Waals surface area contributed by atoms with Crippen molar-refractivity contribution in [1.82, 2.24) is 0 Å². The topological polar surface area (TPSA) is 35.5 Å². The molecule has 0 bridgehead atoms. The molecule has 2 rings (SSSR count). The molecule has 0 N–H and O–H groups in total. The molecule has 0 aliphatic heterocycles. The van der Waals surface area contributed by atoms with Crippen molar-refractivity contribution >= 4 is 5.97 Å². The summed E-state index contributed by atoms with van der Waals surface area (Å²) in [6.45, 7) is 4.07. The van der Waals surface area contributed by atoms with Gasteiger partial charge in [-0.3, -0.25) is 0 Å². The quantitative estimate of drug-likeness (QED) is 0.795. The highest BCUT2D eigenvalue weighted by atomic mass is 16.5. The summed E-state index contributed by atoms with van der Waals surface area (Å²) in [6.07, 6.45) is 0. The largest absolute Gasteiger partial charge is 0.496 e. The molecule has 0 aromatic heterocycles. The van der Waals surface area contributed by atoms with E-state index in [1.54, 1.807) is 7.11 Å². The molecule has 0 saturated carbocycles. The minimum atomic E-state index is -0.308. The molecule has 0 radical (unpaired) electrons. The van der Waals surface area contributed by atoms with Crippen LogP contribution in [0.1, 0.15) is 27.0 Å². The van der Waals surface area contributed by atoms with Gasteiger partial charge in [-0.1, -0.05) is 30.3 Å². The summed E-state index contributed by atoms with van der Waals surface area (Å²) in [5.41, 5.74) is 3.33. The fourth-order valence-corrected chi connectivity index (χ4v) is 2.03. The summed E-state index contributed by atoms with van der Waals surface area (Å²) in [5.74, 6) is 0.471. The van der Waals surface area contributed by atoms with E-state index in [1.165, 1.54) is 0 Å². The lowest BCUT2D eigenvalue weighted by Gasteiger charge is -2.11. The standard InChI is InChI=1S/C17H18O3/c1-12-10-16(19-3)13(2)9-15(12)17(18)20-11-14-7-5-4-6-8-14/h4-10H,11H2,1-3H3. The Labute approximate surface area is 119 Å². The molecule has 0 amide bonds. The third-order valence-electron chi connectivity index (χ3n) is 3.17. The minimum absolute atomic E-state index is 0.282. The van der Waals surface area contributed by atoms with Crippen LogP contribution in [0.3, 0.4) is 0 Å². The Kier molecular flexibility index (Phi) is 4.41. The van der Waals surface area contributed by atoms with Crippen molar-refractivity contribution in [2.24, 2.45) is 0 Å². The van der Waals surface area contributed by atoms with E-state index in [4.69, 9.17) is 9.47 Å². The fourth-order valence-electron chi connectivity index (χ4n) is 2.03. The Morgan fingerprint density at radius 2 is 1.75 bits per heavy atom. The van der Waals surface area contributed by atoms with Crippen molar-refractivity contribution in [3.63, 3.8) is 0 Å². The molecule has 0 fully saturated rings. The molecule has 0 saturated heterocycles. The summed E-state index contributed by atoms with van der Waals surface area (Å²) in [7, 11) is 1.62. The molecule has 0 unspecified atom stereocenters. The van der Waals surface area contributed by atoms with Crippen molar-refractivity contribution in [3.05, 3.63) is 64.7 Å². The van der Waals surface area contributed by atoms with Crippen LogP contribution in [0.25, 0.3) is 0 Å². The monoisotopic (exact) mass is 270 g/mol. The van der Waals surface area contributed by atoms with Gasteiger partial charge in [-0.05, 0) is 42.7 Å². The third-order valence-corrected chi connectivity index (χ3v) is 3.17. The second-order valence-electron chi connectivity index (χ2n) is 4.70. The SMILES string of the molecule is COc1cc(C)c(C(=O)OCc2ccccc2)cc1C. The summed E-state index contributed by atoms with van der Waals surface area (Å²) >= 11 is 0. The van der Waals surface area contributed by atoms with Crippen molar-refractivity contribution in [2.75, 3.05) is 7.11 Å². The minimum Gasteiger partial charge on any atom is -0.496 e. The van der Waals surface area contributed by atoms with E-state index in [2.05, 4.69) is 0 Å². The highest BCUT2D eigenvalue weighted by Crippen LogP contribution is 2.23. The predicted octanol–water partition coefficient (Wildman–Crippen LogP) is 3.67. The second kappa shape index (κ2) is 6.24. The third kappa shape index (κ3) is 3.18. The van der Waals surface area contributed by atoms with Crippen LogP contribution in [0.4, 0.5) is 0 Å². The average molecular weight is 270 g/mol. The van der Waals surface area contributed by atoms with Gasteiger partial charge in [0.25, 0.3) is 0 Å². The van der Waals surface area contributed by atoms with Crippen LogP contribution in [0, 0.1) is 13.8 Å². The molecule has 2 aromatic carbocycles. The molecular weight excluding hydrogens is 252 g/mol. The van der Waals surface area contributed by atoms with Crippen LogP contribution in [0.5, 0.6) is 5.75 Å². The van der Waals surface area contributed by atoms with Gasteiger partial charge in [-0.15, -0.1) is 0 Å². The van der Waals surface area contributed by atoms with Crippen LogP contribution in [0.2, 0.25) is 0 Å². The van der Waals surface area contributed by atoms with Crippen molar-refractivity contribution < 1.29 is 14.3 Å². The van der Waals surface area contributed by atoms with Crippen LogP contribution >= 0.6 is 0 Å². The summed E-state index contributed by atoms with van der Waals surface area (Å²) < 4.78 is 10.6. The number of hydrogen-bond donors (Lipinski definition) is 0. The number of esters is 1. The van der Waals surface area contributed by atoms with E-state index in [0.717, 1.165) is 22.4 Å². The number of hydrogen-bond acceptors (Lipinski definition) is 3. The zero-order valence-electron chi connectivity index (χ0n) is 12.0. The maximum Gasteiger partial charge on any atom is 0.338 e. The molecule has 0 aliphatic rings. The molecule has 0 spiro atoms. The lowest BCUT2D eigenvalue weighted by Crippen LogP contribution is -2.08. The normalized spacial score (nSPS) is 10.2. The van der Waals surface area contributed by atoms with E-state index in [-0.39, 0.29) is 12.6 Å². The van der Waals surface area contributed by atoms with Gasteiger partial charge in [0.1, 0.15) is 12.4 Å².